The number of hydrogen-bond donors (Lipinski definition) is 6. The van der Waals surface area contributed by atoms with E-state index in [1.54, 1.807) is 6.92 Å². The molecule has 10 heteroatoms. The molecule has 10 nitrogen and oxygen atoms in total. The fraction of sp³-hybridized carbons (Fsp3) is 0.750. The Balaban J connectivity index is 2.59. The number of nitrogens with one attached hydrogen (secondary N) is 4. The fourth-order valence-electron chi connectivity index (χ4n) is 2.57. The van der Waals surface area contributed by atoms with Crippen LogP contribution in [0.1, 0.15) is 33.1 Å². The van der Waals surface area contributed by atoms with Crippen molar-refractivity contribution in [2.45, 2.75) is 51.2 Å². The maximum atomic E-state index is 12.3. The van der Waals surface area contributed by atoms with Gasteiger partial charge in [-0.1, -0.05) is 20.3 Å². The molecule has 0 radical (unpaired) electrons. The van der Waals surface area contributed by atoms with Crippen molar-refractivity contribution >= 4 is 23.7 Å². The number of aliphatic hydroxyl groups excluding tert-OH is 1. The van der Waals surface area contributed by atoms with Crippen LogP contribution < -0.4 is 21.3 Å². The highest BCUT2D eigenvalue weighted by atomic mass is 16.4. The topological polar surface area (TPSA) is 157 Å². The van der Waals surface area contributed by atoms with Crippen LogP contribution in [0.25, 0.3) is 0 Å². The molecule has 148 valence electrons. The van der Waals surface area contributed by atoms with E-state index in [4.69, 9.17) is 10.2 Å². The number of carboxylic acid groups (broad SMARTS) is 1. The molecule has 1 aliphatic heterocycles. The summed E-state index contributed by atoms with van der Waals surface area (Å²) in [5.74, 6) is -3.15. The highest BCUT2D eigenvalue weighted by Gasteiger charge is 2.30. The van der Waals surface area contributed by atoms with Crippen molar-refractivity contribution in [3.63, 3.8) is 0 Å². The third kappa shape index (κ3) is 6.60. The van der Waals surface area contributed by atoms with Crippen molar-refractivity contribution < 1.29 is 29.4 Å². The molecule has 26 heavy (non-hydrogen) atoms. The van der Waals surface area contributed by atoms with E-state index in [0.717, 1.165) is 13.0 Å². The van der Waals surface area contributed by atoms with Crippen molar-refractivity contribution in [3.05, 3.63) is 0 Å². The molecule has 0 aliphatic carbocycles. The van der Waals surface area contributed by atoms with Crippen LogP contribution in [0.4, 0.5) is 0 Å². The summed E-state index contributed by atoms with van der Waals surface area (Å²) in [5.41, 5.74) is 0. The molecule has 0 aromatic carbocycles. The van der Waals surface area contributed by atoms with Gasteiger partial charge >= 0.3 is 5.97 Å². The zero-order valence-electron chi connectivity index (χ0n) is 15.1. The molecule has 1 saturated heterocycles. The lowest BCUT2D eigenvalue weighted by Crippen LogP contribution is -2.56. The van der Waals surface area contributed by atoms with Crippen LogP contribution in [0.2, 0.25) is 0 Å². The predicted octanol–water partition coefficient (Wildman–Crippen LogP) is -2.05. The molecule has 1 heterocycles. The molecule has 0 aromatic heterocycles. The van der Waals surface area contributed by atoms with Gasteiger partial charge in [-0.15, -0.1) is 0 Å². The van der Waals surface area contributed by atoms with Crippen molar-refractivity contribution in [3.8, 4) is 0 Å². The van der Waals surface area contributed by atoms with Gasteiger partial charge in [0.25, 0.3) is 0 Å². The Kier molecular flexibility index (Phi) is 9.00. The molecule has 1 aliphatic rings. The first-order chi connectivity index (χ1) is 12.3. The first-order valence-corrected chi connectivity index (χ1v) is 8.74. The van der Waals surface area contributed by atoms with Crippen LogP contribution in [0.15, 0.2) is 0 Å². The second-order valence-corrected chi connectivity index (χ2v) is 6.38. The molecule has 0 aromatic rings. The molecule has 3 amide bonds. The van der Waals surface area contributed by atoms with E-state index >= 15 is 0 Å². The van der Waals surface area contributed by atoms with Gasteiger partial charge in [-0.25, -0.2) is 4.79 Å². The predicted molar refractivity (Wildman–Crippen MR) is 92.1 cm³/mol. The molecule has 0 spiro atoms. The summed E-state index contributed by atoms with van der Waals surface area (Å²) in [7, 11) is 0. The first kappa shape index (κ1) is 21.8. The Bertz CT molecular complexity index is 521. The summed E-state index contributed by atoms with van der Waals surface area (Å²) in [6, 6.07) is -2.72. The molecular formula is C16H28N4O6. The van der Waals surface area contributed by atoms with Gasteiger partial charge in [-0.2, -0.15) is 0 Å². The van der Waals surface area contributed by atoms with E-state index in [9.17, 15) is 19.2 Å². The van der Waals surface area contributed by atoms with E-state index in [-0.39, 0.29) is 24.4 Å². The molecule has 4 atom stereocenters. The van der Waals surface area contributed by atoms with Gasteiger partial charge in [0.1, 0.15) is 12.1 Å². The average molecular weight is 372 g/mol. The van der Waals surface area contributed by atoms with Gasteiger partial charge < -0.3 is 31.5 Å². The average Bonchev–Trinajstić information content (AvgIpc) is 3.15. The molecule has 6 N–H and O–H groups in total. The largest absolute Gasteiger partial charge is 0.480 e. The summed E-state index contributed by atoms with van der Waals surface area (Å²) < 4.78 is 0. The van der Waals surface area contributed by atoms with E-state index in [1.807, 2.05) is 6.92 Å². The highest BCUT2D eigenvalue weighted by Crippen LogP contribution is 2.08. The number of aliphatic carboxylic acids is 1. The van der Waals surface area contributed by atoms with Crippen LogP contribution in [0.3, 0.4) is 0 Å². The van der Waals surface area contributed by atoms with E-state index < -0.39 is 36.5 Å². The van der Waals surface area contributed by atoms with E-state index in [2.05, 4.69) is 21.3 Å². The fourth-order valence-corrected chi connectivity index (χ4v) is 2.57. The Labute approximate surface area is 152 Å². The minimum atomic E-state index is -1.45. The zero-order chi connectivity index (χ0) is 19.7. The Morgan fingerprint density at radius 1 is 1.23 bits per heavy atom. The Morgan fingerprint density at radius 2 is 1.92 bits per heavy atom. The number of hydrogen-bond acceptors (Lipinski definition) is 6. The first-order valence-electron chi connectivity index (χ1n) is 8.74. The maximum absolute atomic E-state index is 12.3. The lowest BCUT2D eigenvalue weighted by atomic mass is 9.98. The lowest BCUT2D eigenvalue weighted by Gasteiger charge is -2.25. The number of aliphatic hydroxyl groups is 1. The van der Waals surface area contributed by atoms with Crippen LogP contribution in [-0.4, -0.2) is 71.7 Å². The standard InChI is InChI=1S/C16H28N4O6/c1-3-9(2)13(15(24)19-11(8-21)16(25)26)20-12(22)7-18-14(23)10-5-4-6-17-10/h9-11,13,17,21H,3-8H2,1-2H3,(H,18,23)(H,19,24)(H,20,22)(H,25,26)/t9-,10-,11-,13-/m0/s1. The summed E-state index contributed by atoms with van der Waals surface area (Å²) in [6.45, 7) is 3.29. The summed E-state index contributed by atoms with van der Waals surface area (Å²) in [5, 5.41) is 28.2. The van der Waals surface area contributed by atoms with Crippen molar-refractivity contribution in [1.29, 1.82) is 0 Å². The number of carbonyl (C=O) groups is 4. The summed E-state index contributed by atoms with van der Waals surface area (Å²) in [4.78, 5) is 47.2. The molecule has 0 bridgehead atoms. The minimum absolute atomic E-state index is 0.265. The molecule has 0 unspecified atom stereocenters. The van der Waals surface area contributed by atoms with Gasteiger partial charge in [0.2, 0.25) is 17.7 Å². The number of carboxylic acids is 1. The number of amides is 3. The maximum Gasteiger partial charge on any atom is 0.328 e. The lowest BCUT2D eigenvalue weighted by molar-refractivity contribution is -0.143. The van der Waals surface area contributed by atoms with Gasteiger partial charge in [0.15, 0.2) is 0 Å². The van der Waals surface area contributed by atoms with Crippen LogP contribution in [-0.2, 0) is 19.2 Å². The molecule has 1 rings (SSSR count). The summed E-state index contributed by atoms with van der Waals surface area (Å²) >= 11 is 0. The van der Waals surface area contributed by atoms with Crippen molar-refractivity contribution in [2.24, 2.45) is 5.92 Å². The van der Waals surface area contributed by atoms with Crippen molar-refractivity contribution in [1.82, 2.24) is 21.3 Å². The number of carbonyl (C=O) groups excluding carboxylic acids is 3. The quantitative estimate of drug-likeness (QED) is 0.258. The normalized spacial score (nSPS) is 19.9. The molecule has 0 saturated carbocycles. The van der Waals surface area contributed by atoms with Gasteiger partial charge in [0.05, 0.1) is 19.2 Å². The van der Waals surface area contributed by atoms with Crippen LogP contribution in [0, 0.1) is 5.92 Å². The van der Waals surface area contributed by atoms with Gasteiger partial charge in [-0.05, 0) is 25.3 Å². The van der Waals surface area contributed by atoms with Crippen molar-refractivity contribution in [2.75, 3.05) is 19.7 Å². The van der Waals surface area contributed by atoms with Crippen LogP contribution >= 0.6 is 0 Å². The zero-order valence-corrected chi connectivity index (χ0v) is 15.1. The minimum Gasteiger partial charge on any atom is -0.480 e. The van der Waals surface area contributed by atoms with E-state index in [1.165, 1.54) is 0 Å². The second kappa shape index (κ2) is 10.7. The van der Waals surface area contributed by atoms with Crippen LogP contribution in [0.5, 0.6) is 0 Å². The Morgan fingerprint density at radius 3 is 2.42 bits per heavy atom. The summed E-state index contributed by atoms with van der Waals surface area (Å²) in [6.07, 6.45) is 2.17. The smallest absolute Gasteiger partial charge is 0.328 e. The Hall–Kier alpha value is -2.20. The SMILES string of the molecule is CC[C@H](C)[C@H](NC(=O)CNC(=O)[C@@H]1CCCN1)C(=O)N[C@@H](CO)C(=O)O. The number of rotatable bonds is 10. The third-order valence-corrected chi connectivity index (χ3v) is 4.41. The molecule has 1 fully saturated rings. The highest BCUT2D eigenvalue weighted by molar-refractivity contribution is 5.92. The van der Waals surface area contributed by atoms with Gasteiger partial charge in [-0.3, -0.25) is 14.4 Å². The van der Waals surface area contributed by atoms with E-state index in [0.29, 0.717) is 12.8 Å². The van der Waals surface area contributed by atoms with Gasteiger partial charge in [0, 0.05) is 0 Å². The second-order valence-electron chi connectivity index (χ2n) is 6.38. The monoisotopic (exact) mass is 372 g/mol. The molecular weight excluding hydrogens is 344 g/mol. The third-order valence-electron chi connectivity index (χ3n) is 4.41.